The third-order valence-corrected chi connectivity index (χ3v) is 11.2. The van der Waals surface area contributed by atoms with Gasteiger partial charge in [0.2, 0.25) is 0 Å². The molecule has 5 aliphatic rings. The molecule has 0 aromatic carbocycles. The minimum Gasteiger partial charge on any atom is -0.479 e. The smallest absolute Gasteiger partial charge is 0.335 e. The van der Waals surface area contributed by atoms with E-state index < -0.39 is 60.1 Å². The van der Waals surface area contributed by atoms with Crippen molar-refractivity contribution in [2.45, 2.75) is 108 Å². The summed E-state index contributed by atoms with van der Waals surface area (Å²) in [6.45, 7) is 3.22. The van der Waals surface area contributed by atoms with Crippen LogP contribution in [-0.2, 0) is 23.9 Å². The standard InChI is InChI=1S/C27H40O11/c1-25-7-5-13(37-24-21(33)19(31)20(32)22(38-24)23(34)35)9-12(25)3-4-14-15-6-8-27(36,17(30)11-28)26(15,2)10-16(29)18(14)25/h12-15,18-22,24,28,31-33,36H,3-11H2,1-2H3,(H,34,35)/t12?,13-,14+,15+,18-,19+,20+,21-,22+,24-,25+,26+,27+/m1/s1. The van der Waals surface area contributed by atoms with Crippen molar-refractivity contribution in [2.24, 2.45) is 34.5 Å². The van der Waals surface area contributed by atoms with Crippen molar-refractivity contribution in [3.63, 3.8) is 0 Å². The lowest BCUT2D eigenvalue weighted by Crippen LogP contribution is -2.63. The van der Waals surface area contributed by atoms with Gasteiger partial charge in [0.05, 0.1) is 6.10 Å². The van der Waals surface area contributed by atoms with Gasteiger partial charge in [-0.15, -0.1) is 0 Å². The number of fused-ring (bicyclic) bond motifs is 5. The number of hydrogen-bond acceptors (Lipinski definition) is 10. The van der Waals surface area contributed by atoms with Crippen LogP contribution >= 0.6 is 0 Å². The number of aliphatic hydroxyl groups is 5. The van der Waals surface area contributed by atoms with Crippen LogP contribution in [0.4, 0.5) is 0 Å². The summed E-state index contributed by atoms with van der Waals surface area (Å²) in [6.07, 6.45) is -4.28. The Kier molecular flexibility index (Phi) is 7.07. The summed E-state index contributed by atoms with van der Waals surface area (Å²) in [5, 5.41) is 60.6. The van der Waals surface area contributed by atoms with E-state index in [0.29, 0.717) is 25.7 Å². The number of hydrogen-bond donors (Lipinski definition) is 6. The van der Waals surface area contributed by atoms with Crippen molar-refractivity contribution in [3.05, 3.63) is 0 Å². The van der Waals surface area contributed by atoms with Crippen LogP contribution in [-0.4, -0.2) is 97.2 Å². The molecule has 1 aliphatic heterocycles. The van der Waals surface area contributed by atoms with Gasteiger partial charge in [-0.2, -0.15) is 0 Å². The van der Waals surface area contributed by atoms with E-state index in [1.165, 1.54) is 0 Å². The molecule has 0 spiro atoms. The Labute approximate surface area is 221 Å². The number of carboxylic acids is 1. The van der Waals surface area contributed by atoms with Crippen molar-refractivity contribution < 1.29 is 54.5 Å². The number of aliphatic hydroxyl groups excluding tert-OH is 4. The molecule has 0 bridgehead atoms. The zero-order valence-corrected chi connectivity index (χ0v) is 21.9. The molecule has 13 atom stereocenters. The summed E-state index contributed by atoms with van der Waals surface area (Å²) in [6, 6.07) is 0. The number of carboxylic acid groups (broad SMARTS) is 1. The maximum absolute atomic E-state index is 13.8. The minimum absolute atomic E-state index is 0.00380. The van der Waals surface area contributed by atoms with Crippen LogP contribution in [0.5, 0.6) is 0 Å². The second-order valence-electron chi connectivity index (χ2n) is 12.8. The lowest BCUT2D eigenvalue weighted by Gasteiger charge is -2.60. The largest absolute Gasteiger partial charge is 0.479 e. The Morgan fingerprint density at radius 3 is 2.39 bits per heavy atom. The molecule has 1 heterocycles. The zero-order chi connectivity index (χ0) is 27.8. The monoisotopic (exact) mass is 540 g/mol. The average molecular weight is 541 g/mol. The summed E-state index contributed by atoms with van der Waals surface area (Å²) in [5.74, 6) is -2.06. The fraction of sp³-hybridized carbons (Fsp3) is 0.889. The SMILES string of the molecule is C[C@]12CC[C@@H](O[C@@H]3O[C@H](C(=O)O)[C@@H](O)[C@H](O)[C@H]3O)CC1CC[C@@H]1[C@@H]2C(=O)C[C@@]2(C)[C@H]1CC[C@]2(O)C(=O)CO. The van der Waals surface area contributed by atoms with Crippen LogP contribution in [0.15, 0.2) is 0 Å². The van der Waals surface area contributed by atoms with Gasteiger partial charge in [-0.25, -0.2) is 4.79 Å². The number of aliphatic carboxylic acids is 1. The molecule has 5 fully saturated rings. The molecule has 5 rings (SSSR count). The van der Waals surface area contributed by atoms with Gasteiger partial charge >= 0.3 is 5.97 Å². The van der Waals surface area contributed by atoms with E-state index in [-0.39, 0.29) is 53.8 Å². The van der Waals surface area contributed by atoms with Crippen molar-refractivity contribution in [2.75, 3.05) is 6.61 Å². The lowest BCUT2D eigenvalue weighted by molar-refractivity contribution is -0.309. The third-order valence-electron chi connectivity index (χ3n) is 11.2. The molecule has 0 radical (unpaired) electrons. The van der Waals surface area contributed by atoms with Gasteiger partial charge in [0.1, 0.15) is 36.3 Å². The Balaban J connectivity index is 1.31. The molecule has 11 heteroatoms. The second-order valence-corrected chi connectivity index (χ2v) is 12.8. The van der Waals surface area contributed by atoms with Crippen molar-refractivity contribution in [1.82, 2.24) is 0 Å². The molecule has 4 saturated carbocycles. The van der Waals surface area contributed by atoms with Crippen LogP contribution in [0.25, 0.3) is 0 Å². The number of ether oxygens (including phenoxy) is 2. The van der Waals surface area contributed by atoms with Crippen molar-refractivity contribution in [3.8, 4) is 0 Å². The topological polar surface area (TPSA) is 191 Å². The summed E-state index contributed by atoms with van der Waals surface area (Å²) in [5.41, 5.74) is -2.90. The number of rotatable bonds is 5. The molecular formula is C27H40O11. The first-order valence-electron chi connectivity index (χ1n) is 13.8. The van der Waals surface area contributed by atoms with Crippen LogP contribution in [0.1, 0.15) is 65.2 Å². The summed E-state index contributed by atoms with van der Waals surface area (Å²) in [7, 11) is 0. The molecule has 1 unspecified atom stereocenters. The first-order chi connectivity index (χ1) is 17.8. The predicted octanol–water partition coefficient (Wildman–Crippen LogP) is -0.222. The summed E-state index contributed by atoms with van der Waals surface area (Å²) < 4.78 is 11.3. The number of Topliss-reactive ketones (excluding diaryl/α,β-unsaturated/α-hetero) is 2. The van der Waals surface area contributed by atoms with Crippen LogP contribution in [0.2, 0.25) is 0 Å². The lowest BCUT2D eigenvalue weighted by atomic mass is 9.44. The number of carbonyl (C=O) groups is 3. The van der Waals surface area contributed by atoms with Crippen LogP contribution in [0.3, 0.4) is 0 Å². The highest BCUT2D eigenvalue weighted by Crippen LogP contribution is 2.67. The Morgan fingerprint density at radius 1 is 1.03 bits per heavy atom. The molecule has 38 heavy (non-hydrogen) atoms. The maximum atomic E-state index is 13.8. The Bertz CT molecular complexity index is 986. The van der Waals surface area contributed by atoms with Gasteiger partial charge < -0.3 is 40.1 Å². The first kappa shape index (κ1) is 28.1. The number of carbonyl (C=O) groups excluding carboxylic acids is 2. The van der Waals surface area contributed by atoms with Gasteiger partial charge in [-0.3, -0.25) is 9.59 Å². The highest BCUT2D eigenvalue weighted by Gasteiger charge is 2.69. The number of ketones is 2. The van der Waals surface area contributed by atoms with E-state index in [1.807, 2.05) is 6.92 Å². The van der Waals surface area contributed by atoms with Crippen LogP contribution < -0.4 is 0 Å². The molecule has 1 saturated heterocycles. The quantitative estimate of drug-likeness (QED) is 0.253. The molecule has 0 amide bonds. The van der Waals surface area contributed by atoms with Gasteiger partial charge in [-0.05, 0) is 68.1 Å². The Hall–Kier alpha value is -1.47. The third kappa shape index (κ3) is 3.92. The van der Waals surface area contributed by atoms with Crippen LogP contribution in [0, 0.1) is 34.5 Å². The Morgan fingerprint density at radius 2 is 1.74 bits per heavy atom. The van der Waals surface area contributed by atoms with Gasteiger partial charge in [0, 0.05) is 17.8 Å². The molecular weight excluding hydrogens is 500 g/mol. The average Bonchev–Trinajstić information content (AvgIpc) is 3.14. The van der Waals surface area contributed by atoms with Gasteiger partial charge in [-0.1, -0.05) is 13.8 Å². The van der Waals surface area contributed by atoms with Gasteiger partial charge in [0.25, 0.3) is 0 Å². The zero-order valence-electron chi connectivity index (χ0n) is 21.9. The van der Waals surface area contributed by atoms with E-state index in [0.717, 1.165) is 12.8 Å². The molecule has 214 valence electrons. The van der Waals surface area contributed by atoms with E-state index in [1.54, 1.807) is 0 Å². The molecule has 4 aliphatic carbocycles. The predicted molar refractivity (Wildman–Crippen MR) is 128 cm³/mol. The maximum Gasteiger partial charge on any atom is 0.335 e. The van der Waals surface area contributed by atoms with Crippen molar-refractivity contribution >= 4 is 17.5 Å². The van der Waals surface area contributed by atoms with Gasteiger partial charge in [0.15, 0.2) is 18.2 Å². The van der Waals surface area contributed by atoms with E-state index in [9.17, 15) is 45.0 Å². The molecule has 0 aromatic heterocycles. The van der Waals surface area contributed by atoms with E-state index in [4.69, 9.17) is 9.47 Å². The fourth-order valence-corrected chi connectivity index (χ4v) is 9.10. The van der Waals surface area contributed by atoms with E-state index in [2.05, 4.69) is 6.92 Å². The first-order valence-corrected chi connectivity index (χ1v) is 13.8. The molecule has 0 aromatic rings. The minimum atomic E-state index is -1.78. The summed E-state index contributed by atoms with van der Waals surface area (Å²) in [4.78, 5) is 37.8. The molecule has 11 nitrogen and oxygen atoms in total. The summed E-state index contributed by atoms with van der Waals surface area (Å²) >= 11 is 0. The normalized spacial score (nSPS) is 52.6. The highest BCUT2D eigenvalue weighted by molar-refractivity contribution is 5.92. The van der Waals surface area contributed by atoms with E-state index >= 15 is 0 Å². The second kappa shape index (κ2) is 9.57. The molecule has 6 N–H and O–H groups in total. The van der Waals surface area contributed by atoms with Crippen molar-refractivity contribution in [1.29, 1.82) is 0 Å². The fourth-order valence-electron chi connectivity index (χ4n) is 9.10. The highest BCUT2D eigenvalue weighted by atomic mass is 16.7.